The third-order valence-electron chi connectivity index (χ3n) is 4.47. The van der Waals surface area contributed by atoms with Crippen molar-refractivity contribution in [3.8, 4) is 11.3 Å². The number of hydrogen-bond donors (Lipinski definition) is 0. The van der Waals surface area contributed by atoms with Crippen molar-refractivity contribution in [3.63, 3.8) is 0 Å². The number of esters is 1. The molecule has 0 aliphatic rings. The third-order valence-corrected chi connectivity index (χ3v) is 6.47. The molecule has 0 bridgehead atoms. The maximum Gasteiger partial charge on any atom is 0.337 e. The summed E-state index contributed by atoms with van der Waals surface area (Å²) in [4.78, 5) is 16.3. The topological polar surface area (TPSA) is 65.0 Å². The van der Waals surface area contributed by atoms with Gasteiger partial charge in [-0.15, -0.1) is 21.5 Å². The first-order valence-electron chi connectivity index (χ1n) is 9.06. The Morgan fingerprint density at radius 3 is 2.45 bits per heavy atom. The Labute approximate surface area is 177 Å². The molecular weight excluding hydrogens is 402 g/mol. The molecule has 0 atom stereocenters. The zero-order chi connectivity index (χ0) is 20.4. The van der Waals surface area contributed by atoms with Crippen LogP contribution >= 0.6 is 23.1 Å². The number of benzene rings is 2. The Morgan fingerprint density at radius 2 is 1.76 bits per heavy atom. The van der Waals surface area contributed by atoms with Crippen LogP contribution in [0.1, 0.15) is 26.5 Å². The van der Waals surface area contributed by atoms with Crippen molar-refractivity contribution in [2.75, 3.05) is 7.11 Å². The highest BCUT2D eigenvalue weighted by Gasteiger charge is 2.16. The summed E-state index contributed by atoms with van der Waals surface area (Å²) in [5, 5.41) is 10.8. The quantitative estimate of drug-likeness (QED) is 0.315. The summed E-state index contributed by atoms with van der Waals surface area (Å²) in [5.41, 5.74) is 5.66. The highest BCUT2D eigenvalue weighted by atomic mass is 32.2. The van der Waals surface area contributed by atoms with Crippen molar-refractivity contribution in [1.29, 1.82) is 0 Å². The van der Waals surface area contributed by atoms with Gasteiger partial charge < -0.3 is 4.74 Å². The second-order valence-corrected chi connectivity index (χ2v) is 8.77. The van der Waals surface area contributed by atoms with E-state index in [1.54, 1.807) is 35.2 Å². The van der Waals surface area contributed by atoms with E-state index in [9.17, 15) is 4.79 Å². The van der Waals surface area contributed by atoms with Gasteiger partial charge in [-0.3, -0.25) is 0 Å². The summed E-state index contributed by atoms with van der Waals surface area (Å²) >= 11 is 3.24. The van der Waals surface area contributed by atoms with Crippen LogP contribution < -0.4 is 0 Å². The molecule has 146 valence electrons. The van der Waals surface area contributed by atoms with Crippen LogP contribution in [0.5, 0.6) is 0 Å². The van der Waals surface area contributed by atoms with Gasteiger partial charge in [0.2, 0.25) is 0 Å². The number of aryl methyl sites for hydroxylation is 2. The number of rotatable bonds is 5. The molecule has 0 amide bonds. The summed E-state index contributed by atoms with van der Waals surface area (Å²) in [6, 6.07) is 15.7. The molecule has 0 unspecified atom stereocenters. The SMILES string of the molecule is COC(=O)c1ccc(CSc2nnc(-c3ccc(C)cc3)c3sc(C)nc23)cc1. The monoisotopic (exact) mass is 421 g/mol. The molecule has 7 heteroatoms. The maximum atomic E-state index is 11.6. The number of carbonyl (C=O) groups is 1. The summed E-state index contributed by atoms with van der Waals surface area (Å²) in [7, 11) is 1.38. The number of methoxy groups -OCH3 is 1. The summed E-state index contributed by atoms with van der Waals surface area (Å²) < 4.78 is 5.80. The fourth-order valence-corrected chi connectivity index (χ4v) is 4.79. The molecule has 2 aromatic carbocycles. The molecule has 0 radical (unpaired) electrons. The van der Waals surface area contributed by atoms with Crippen molar-refractivity contribution in [2.24, 2.45) is 0 Å². The van der Waals surface area contributed by atoms with Gasteiger partial charge in [0.1, 0.15) is 16.2 Å². The average molecular weight is 422 g/mol. The van der Waals surface area contributed by atoms with Crippen LogP contribution in [0.2, 0.25) is 0 Å². The highest BCUT2D eigenvalue weighted by Crippen LogP contribution is 2.36. The molecule has 29 heavy (non-hydrogen) atoms. The number of thioether (sulfide) groups is 1. The number of aromatic nitrogens is 3. The Hall–Kier alpha value is -2.77. The van der Waals surface area contributed by atoms with Crippen molar-refractivity contribution in [3.05, 3.63) is 70.2 Å². The van der Waals surface area contributed by atoms with E-state index < -0.39 is 0 Å². The van der Waals surface area contributed by atoms with E-state index in [4.69, 9.17) is 9.72 Å². The van der Waals surface area contributed by atoms with Crippen LogP contribution in [0, 0.1) is 13.8 Å². The molecule has 0 aliphatic carbocycles. The maximum absolute atomic E-state index is 11.6. The number of carbonyl (C=O) groups excluding carboxylic acids is 1. The summed E-state index contributed by atoms with van der Waals surface area (Å²) in [5.74, 6) is 0.382. The van der Waals surface area contributed by atoms with Gasteiger partial charge in [0.05, 0.1) is 22.4 Å². The van der Waals surface area contributed by atoms with Crippen molar-refractivity contribution in [1.82, 2.24) is 15.2 Å². The Kier molecular flexibility index (Phi) is 5.60. The third kappa shape index (κ3) is 4.16. The first kappa shape index (κ1) is 19.5. The largest absolute Gasteiger partial charge is 0.465 e. The normalized spacial score (nSPS) is 11.0. The Morgan fingerprint density at radius 1 is 1.03 bits per heavy atom. The molecule has 0 aliphatic heterocycles. The Balaban J connectivity index is 1.61. The van der Waals surface area contributed by atoms with Gasteiger partial charge in [-0.2, -0.15) is 0 Å². The van der Waals surface area contributed by atoms with E-state index >= 15 is 0 Å². The van der Waals surface area contributed by atoms with Gasteiger partial charge in [0.25, 0.3) is 0 Å². The molecule has 0 spiro atoms. The molecule has 2 aromatic heterocycles. The number of ether oxygens (including phenoxy) is 1. The van der Waals surface area contributed by atoms with Crippen LogP contribution in [-0.4, -0.2) is 28.3 Å². The van der Waals surface area contributed by atoms with E-state index in [1.807, 2.05) is 19.1 Å². The van der Waals surface area contributed by atoms with E-state index in [-0.39, 0.29) is 5.97 Å². The molecule has 0 fully saturated rings. The molecule has 0 saturated carbocycles. The average Bonchev–Trinajstić information content (AvgIpc) is 3.14. The zero-order valence-electron chi connectivity index (χ0n) is 16.3. The van der Waals surface area contributed by atoms with Gasteiger partial charge >= 0.3 is 5.97 Å². The van der Waals surface area contributed by atoms with E-state index in [2.05, 4.69) is 41.4 Å². The minimum absolute atomic E-state index is 0.332. The molecule has 5 nitrogen and oxygen atoms in total. The second-order valence-electron chi connectivity index (χ2n) is 6.61. The van der Waals surface area contributed by atoms with Gasteiger partial charge in [0.15, 0.2) is 0 Å². The lowest BCUT2D eigenvalue weighted by Crippen LogP contribution is -2.00. The zero-order valence-corrected chi connectivity index (χ0v) is 17.9. The molecule has 0 saturated heterocycles. The van der Waals surface area contributed by atoms with Crippen LogP contribution in [0.25, 0.3) is 21.5 Å². The van der Waals surface area contributed by atoms with Crippen molar-refractivity contribution < 1.29 is 9.53 Å². The van der Waals surface area contributed by atoms with Gasteiger partial charge in [-0.05, 0) is 31.5 Å². The molecule has 0 N–H and O–H groups in total. The minimum atomic E-state index is -0.332. The van der Waals surface area contributed by atoms with Crippen LogP contribution in [-0.2, 0) is 10.5 Å². The predicted molar refractivity (Wildman–Crippen MR) is 117 cm³/mol. The predicted octanol–water partition coefficient (Wildman–Crippen LogP) is 5.45. The van der Waals surface area contributed by atoms with E-state index in [0.29, 0.717) is 11.3 Å². The van der Waals surface area contributed by atoms with Crippen LogP contribution in [0.15, 0.2) is 53.6 Å². The fraction of sp³-hybridized carbons (Fsp3) is 0.182. The molecular formula is C22H19N3O2S2. The smallest absolute Gasteiger partial charge is 0.337 e. The standard InChI is InChI=1S/C22H19N3O2S2/c1-13-4-8-16(9-5-13)18-20-19(23-14(2)29-20)21(25-24-18)28-12-15-6-10-17(11-7-15)22(26)27-3/h4-11H,12H2,1-3H3. The fourth-order valence-electron chi connectivity index (χ4n) is 2.92. The lowest BCUT2D eigenvalue weighted by molar-refractivity contribution is 0.0600. The van der Waals surface area contributed by atoms with Gasteiger partial charge in [-0.25, -0.2) is 9.78 Å². The summed E-state index contributed by atoms with van der Waals surface area (Å²) in [6.07, 6.45) is 0. The van der Waals surface area contributed by atoms with E-state index in [0.717, 1.165) is 37.1 Å². The molecule has 4 aromatic rings. The minimum Gasteiger partial charge on any atom is -0.465 e. The lowest BCUT2D eigenvalue weighted by atomic mass is 10.1. The number of thiazole rings is 1. The summed E-state index contributed by atoms with van der Waals surface area (Å²) in [6.45, 7) is 4.07. The van der Waals surface area contributed by atoms with Crippen LogP contribution in [0.4, 0.5) is 0 Å². The second kappa shape index (κ2) is 8.31. The molecule has 4 rings (SSSR count). The van der Waals surface area contributed by atoms with E-state index in [1.165, 1.54) is 12.7 Å². The van der Waals surface area contributed by atoms with Gasteiger partial charge in [0, 0.05) is 11.3 Å². The van der Waals surface area contributed by atoms with Crippen molar-refractivity contribution >= 4 is 39.3 Å². The highest BCUT2D eigenvalue weighted by molar-refractivity contribution is 7.98. The number of fused-ring (bicyclic) bond motifs is 1. The number of nitrogens with zero attached hydrogens (tertiary/aromatic N) is 3. The first-order valence-corrected chi connectivity index (χ1v) is 10.9. The lowest BCUT2D eigenvalue weighted by Gasteiger charge is -2.06. The van der Waals surface area contributed by atoms with Gasteiger partial charge in [-0.1, -0.05) is 53.7 Å². The van der Waals surface area contributed by atoms with Crippen molar-refractivity contribution in [2.45, 2.75) is 24.6 Å². The number of hydrogen-bond acceptors (Lipinski definition) is 7. The Bertz CT molecular complexity index is 1170. The first-order chi connectivity index (χ1) is 14.0. The van der Waals surface area contributed by atoms with Crippen LogP contribution in [0.3, 0.4) is 0 Å². The molecule has 2 heterocycles.